The largest absolute Gasteiger partial charge is 0.481 e. The highest BCUT2D eigenvalue weighted by atomic mass is 19.4. The third-order valence-electron chi connectivity index (χ3n) is 3.33. The summed E-state index contributed by atoms with van der Waals surface area (Å²) in [4.78, 5) is 11.4. The molecule has 1 rings (SSSR count). The third-order valence-corrected chi connectivity index (χ3v) is 3.33. The maximum Gasteiger partial charge on any atom is 0.416 e. The number of carbonyl (C=O) groups is 1. The number of alkyl halides is 3. The van der Waals surface area contributed by atoms with Gasteiger partial charge >= 0.3 is 12.1 Å². The van der Waals surface area contributed by atoms with Crippen LogP contribution >= 0.6 is 0 Å². The van der Waals surface area contributed by atoms with Crippen molar-refractivity contribution in [3.05, 3.63) is 29.3 Å². The highest BCUT2D eigenvalue weighted by Crippen LogP contribution is 2.37. The Bertz CT molecular complexity index is 503. The summed E-state index contributed by atoms with van der Waals surface area (Å²) >= 11 is 0. The molecule has 112 valence electrons. The maximum absolute atomic E-state index is 12.6. The van der Waals surface area contributed by atoms with Crippen molar-refractivity contribution >= 4 is 11.7 Å². The summed E-state index contributed by atoms with van der Waals surface area (Å²) < 4.78 is 37.7. The Hall–Kier alpha value is -1.76. The van der Waals surface area contributed by atoms with Gasteiger partial charge < -0.3 is 16.6 Å². The summed E-state index contributed by atoms with van der Waals surface area (Å²) in [6.07, 6.45) is -3.87. The van der Waals surface area contributed by atoms with Crippen LogP contribution in [0.5, 0.6) is 0 Å². The van der Waals surface area contributed by atoms with Crippen molar-refractivity contribution in [2.45, 2.75) is 31.4 Å². The van der Waals surface area contributed by atoms with E-state index in [9.17, 15) is 23.1 Å². The molecule has 1 atom stereocenters. The number of anilines is 1. The van der Waals surface area contributed by atoms with Crippen LogP contribution in [0.1, 0.15) is 30.9 Å². The fraction of sp³-hybridized carbons (Fsp3) is 0.462. The first-order valence-electron chi connectivity index (χ1n) is 6.03. The lowest BCUT2D eigenvalue weighted by Gasteiger charge is -2.27. The van der Waals surface area contributed by atoms with Gasteiger partial charge in [-0.1, -0.05) is 6.07 Å². The molecule has 0 spiro atoms. The van der Waals surface area contributed by atoms with E-state index in [1.54, 1.807) is 0 Å². The Balaban J connectivity index is 3.26. The Labute approximate surface area is 114 Å². The second kappa shape index (κ2) is 5.70. The summed E-state index contributed by atoms with van der Waals surface area (Å²) in [5, 5.41) is 9.35. The van der Waals surface area contributed by atoms with Crippen molar-refractivity contribution in [1.29, 1.82) is 0 Å². The molecule has 0 saturated carbocycles. The molecule has 1 aromatic rings. The molecule has 0 saturated heterocycles. The average Bonchev–Trinajstić information content (AvgIpc) is 2.34. The number of rotatable bonds is 5. The number of carboxylic acid groups (broad SMARTS) is 1. The first kappa shape index (κ1) is 16.3. The van der Waals surface area contributed by atoms with Gasteiger partial charge in [0.1, 0.15) is 0 Å². The van der Waals surface area contributed by atoms with Crippen LogP contribution in [0.2, 0.25) is 0 Å². The van der Waals surface area contributed by atoms with Crippen LogP contribution < -0.4 is 11.5 Å². The lowest BCUT2D eigenvalue weighted by Crippen LogP contribution is -2.34. The molecule has 0 aliphatic rings. The van der Waals surface area contributed by atoms with E-state index < -0.39 is 23.1 Å². The number of aliphatic carboxylic acids is 1. The molecule has 5 N–H and O–H groups in total. The van der Waals surface area contributed by atoms with Crippen molar-refractivity contribution in [2.75, 3.05) is 12.3 Å². The van der Waals surface area contributed by atoms with Crippen LogP contribution in [0.3, 0.4) is 0 Å². The van der Waals surface area contributed by atoms with Gasteiger partial charge in [0.2, 0.25) is 0 Å². The van der Waals surface area contributed by atoms with Crippen molar-refractivity contribution < 1.29 is 23.1 Å². The molecule has 1 unspecified atom stereocenters. The molecule has 1 aromatic carbocycles. The molecule has 20 heavy (non-hydrogen) atoms. The van der Waals surface area contributed by atoms with Crippen molar-refractivity contribution in [3.63, 3.8) is 0 Å². The fourth-order valence-corrected chi connectivity index (χ4v) is 2.05. The van der Waals surface area contributed by atoms with Gasteiger partial charge in [0.15, 0.2) is 0 Å². The second-order valence-electron chi connectivity index (χ2n) is 4.83. The number of nitrogen functional groups attached to an aromatic ring is 1. The molecule has 0 fully saturated rings. The van der Waals surface area contributed by atoms with E-state index in [1.807, 2.05) is 0 Å². The van der Waals surface area contributed by atoms with E-state index in [4.69, 9.17) is 11.5 Å². The lowest BCUT2D eigenvalue weighted by molar-refractivity contribution is -0.143. The van der Waals surface area contributed by atoms with Crippen molar-refractivity contribution in [2.24, 2.45) is 5.73 Å². The minimum Gasteiger partial charge on any atom is -0.481 e. The van der Waals surface area contributed by atoms with Crippen molar-refractivity contribution in [1.82, 2.24) is 0 Å². The SMILES string of the molecule is CC(CCCN)(C(=O)O)c1ccc(C(F)(F)F)cc1N. The number of hydrogen-bond acceptors (Lipinski definition) is 3. The average molecular weight is 290 g/mol. The van der Waals surface area contributed by atoms with Crippen LogP contribution in [0.4, 0.5) is 18.9 Å². The van der Waals surface area contributed by atoms with Crippen LogP contribution in [0, 0.1) is 0 Å². The quantitative estimate of drug-likeness (QED) is 0.726. The van der Waals surface area contributed by atoms with Crippen molar-refractivity contribution in [3.8, 4) is 0 Å². The minimum atomic E-state index is -4.51. The molecule has 0 aromatic heterocycles. The van der Waals surface area contributed by atoms with Crippen LogP contribution in [-0.2, 0) is 16.4 Å². The first-order valence-corrected chi connectivity index (χ1v) is 6.03. The van der Waals surface area contributed by atoms with E-state index in [2.05, 4.69) is 0 Å². The van der Waals surface area contributed by atoms with Gasteiger partial charge in [-0.2, -0.15) is 13.2 Å². The molecule has 7 heteroatoms. The molecule has 0 aliphatic heterocycles. The Morgan fingerprint density at radius 3 is 2.35 bits per heavy atom. The lowest BCUT2D eigenvalue weighted by atomic mass is 9.77. The van der Waals surface area contributed by atoms with E-state index in [1.165, 1.54) is 6.92 Å². The Morgan fingerprint density at radius 2 is 1.95 bits per heavy atom. The van der Waals surface area contributed by atoms with Gasteiger partial charge in [-0.15, -0.1) is 0 Å². The zero-order valence-corrected chi connectivity index (χ0v) is 11.0. The van der Waals surface area contributed by atoms with Crippen LogP contribution in [0.15, 0.2) is 18.2 Å². The van der Waals surface area contributed by atoms with Crippen LogP contribution in [-0.4, -0.2) is 17.6 Å². The molecular formula is C13H17F3N2O2. The number of hydrogen-bond donors (Lipinski definition) is 3. The number of nitrogens with two attached hydrogens (primary N) is 2. The number of halogens is 3. The summed E-state index contributed by atoms with van der Waals surface area (Å²) in [7, 11) is 0. The second-order valence-corrected chi connectivity index (χ2v) is 4.83. The highest BCUT2D eigenvalue weighted by Gasteiger charge is 2.38. The van der Waals surface area contributed by atoms with Gasteiger partial charge in [0.25, 0.3) is 0 Å². The van der Waals surface area contributed by atoms with Gasteiger partial charge in [-0.05, 0) is 44.0 Å². The van der Waals surface area contributed by atoms with E-state index >= 15 is 0 Å². The van der Waals surface area contributed by atoms with Gasteiger partial charge in [0, 0.05) is 5.69 Å². The predicted octanol–water partition coefficient (Wildman–Crippen LogP) is 2.37. The molecule has 0 amide bonds. The summed E-state index contributed by atoms with van der Waals surface area (Å²) in [5.41, 5.74) is 8.72. The molecule has 0 heterocycles. The first-order chi connectivity index (χ1) is 9.13. The highest BCUT2D eigenvalue weighted by molar-refractivity contribution is 5.83. The van der Waals surface area contributed by atoms with Gasteiger partial charge in [-0.25, -0.2) is 0 Å². The summed E-state index contributed by atoms with van der Waals surface area (Å²) in [6.45, 7) is 1.73. The number of carboxylic acids is 1. The molecule has 0 radical (unpaired) electrons. The van der Waals surface area contributed by atoms with E-state index in [0.717, 1.165) is 18.2 Å². The zero-order valence-electron chi connectivity index (χ0n) is 11.0. The summed E-state index contributed by atoms with van der Waals surface area (Å²) in [5.74, 6) is -1.14. The van der Waals surface area contributed by atoms with Gasteiger partial charge in [0.05, 0.1) is 11.0 Å². The van der Waals surface area contributed by atoms with E-state index in [-0.39, 0.29) is 17.7 Å². The summed E-state index contributed by atoms with van der Waals surface area (Å²) in [6, 6.07) is 2.73. The monoisotopic (exact) mass is 290 g/mol. The Morgan fingerprint density at radius 1 is 1.35 bits per heavy atom. The normalized spacial score (nSPS) is 14.8. The standard InChI is InChI=1S/C13H17F3N2O2/c1-12(11(19)20,5-2-6-17)9-4-3-8(7-10(9)18)13(14,15)16/h3-4,7H,2,5-6,17-18H2,1H3,(H,19,20). The molecule has 0 bridgehead atoms. The number of benzene rings is 1. The molecule has 4 nitrogen and oxygen atoms in total. The Kier molecular flexibility index (Phi) is 4.65. The smallest absolute Gasteiger partial charge is 0.416 e. The zero-order chi connectivity index (χ0) is 15.6. The topological polar surface area (TPSA) is 89.3 Å². The molecular weight excluding hydrogens is 273 g/mol. The third kappa shape index (κ3) is 3.22. The van der Waals surface area contributed by atoms with E-state index in [0.29, 0.717) is 13.0 Å². The van der Waals surface area contributed by atoms with Crippen LogP contribution in [0.25, 0.3) is 0 Å². The van der Waals surface area contributed by atoms with Gasteiger partial charge in [-0.3, -0.25) is 4.79 Å². The predicted molar refractivity (Wildman–Crippen MR) is 69.1 cm³/mol. The maximum atomic E-state index is 12.6. The molecule has 0 aliphatic carbocycles. The fourth-order valence-electron chi connectivity index (χ4n) is 2.05. The minimum absolute atomic E-state index is 0.173.